The highest BCUT2D eigenvalue weighted by molar-refractivity contribution is 8.00. The first-order chi connectivity index (χ1) is 8.49. The fourth-order valence-electron chi connectivity index (χ4n) is 1.94. The number of nitrogens with one attached hydrogen (secondary N) is 1. The normalized spacial score (nSPS) is 13.8. The van der Waals surface area contributed by atoms with Gasteiger partial charge >= 0.3 is 0 Å². The predicted molar refractivity (Wildman–Crippen MR) is 87.7 cm³/mol. The van der Waals surface area contributed by atoms with Crippen LogP contribution in [-0.2, 0) is 0 Å². The molecule has 0 saturated carbocycles. The second-order valence-electron chi connectivity index (χ2n) is 6.28. The van der Waals surface area contributed by atoms with Gasteiger partial charge in [-0.15, -0.1) is 0 Å². The van der Waals surface area contributed by atoms with Gasteiger partial charge in [-0.1, -0.05) is 66.7 Å². The van der Waals surface area contributed by atoms with Crippen LogP contribution in [0.25, 0.3) is 0 Å². The molecule has 0 aromatic heterocycles. The van der Waals surface area contributed by atoms with Crippen LogP contribution >= 0.6 is 11.8 Å². The predicted octanol–water partition coefficient (Wildman–Crippen LogP) is 5.25. The molecule has 1 N–H and O–H groups in total. The second-order valence-corrected chi connectivity index (χ2v) is 8.12. The van der Waals surface area contributed by atoms with E-state index in [1.165, 1.54) is 57.2 Å². The van der Waals surface area contributed by atoms with Crippen molar-refractivity contribution in [1.82, 2.24) is 5.32 Å². The van der Waals surface area contributed by atoms with Crippen LogP contribution in [0, 0.1) is 0 Å². The lowest BCUT2D eigenvalue weighted by atomic mass is 10.1. The summed E-state index contributed by atoms with van der Waals surface area (Å²) < 4.78 is 0.397. The summed E-state index contributed by atoms with van der Waals surface area (Å²) in [5.41, 5.74) is 0. The molecule has 0 saturated heterocycles. The maximum absolute atomic E-state index is 3.71. The van der Waals surface area contributed by atoms with Gasteiger partial charge in [-0.25, -0.2) is 0 Å². The van der Waals surface area contributed by atoms with Crippen LogP contribution in [0.4, 0.5) is 0 Å². The standard InChI is InChI=1S/C16H35NS/c1-6-8-9-10-11-12-15(17-13-7-2)14-18-16(3,4)5/h15,17H,6-14H2,1-5H3. The Kier molecular flexibility index (Phi) is 11.4. The zero-order valence-electron chi connectivity index (χ0n) is 13.3. The summed E-state index contributed by atoms with van der Waals surface area (Å²) in [6.45, 7) is 12.7. The third-order valence-corrected chi connectivity index (χ3v) is 4.49. The molecule has 0 fully saturated rings. The van der Waals surface area contributed by atoms with Crippen LogP contribution in [0.3, 0.4) is 0 Å². The van der Waals surface area contributed by atoms with Crippen molar-refractivity contribution >= 4 is 11.8 Å². The number of unbranched alkanes of at least 4 members (excludes halogenated alkanes) is 4. The van der Waals surface area contributed by atoms with Gasteiger partial charge in [-0.3, -0.25) is 0 Å². The molecule has 1 unspecified atom stereocenters. The summed E-state index contributed by atoms with van der Waals surface area (Å²) in [5.74, 6) is 1.26. The van der Waals surface area contributed by atoms with Gasteiger partial charge in [-0.05, 0) is 19.4 Å². The van der Waals surface area contributed by atoms with Crippen LogP contribution in [0.2, 0.25) is 0 Å². The number of hydrogen-bond acceptors (Lipinski definition) is 2. The van der Waals surface area contributed by atoms with Gasteiger partial charge in [0.25, 0.3) is 0 Å². The highest BCUT2D eigenvalue weighted by Gasteiger charge is 2.15. The van der Waals surface area contributed by atoms with E-state index in [1.54, 1.807) is 0 Å². The van der Waals surface area contributed by atoms with E-state index in [4.69, 9.17) is 0 Å². The summed E-state index contributed by atoms with van der Waals surface area (Å²) >= 11 is 2.10. The molecule has 2 heteroatoms. The first-order valence-corrected chi connectivity index (χ1v) is 8.85. The molecule has 110 valence electrons. The van der Waals surface area contributed by atoms with Crippen molar-refractivity contribution in [3.63, 3.8) is 0 Å². The van der Waals surface area contributed by atoms with Crippen molar-refractivity contribution in [2.45, 2.75) is 90.4 Å². The molecule has 0 aromatic carbocycles. The Balaban J connectivity index is 3.76. The van der Waals surface area contributed by atoms with Crippen LogP contribution < -0.4 is 5.32 Å². The van der Waals surface area contributed by atoms with Gasteiger partial charge < -0.3 is 5.32 Å². The maximum atomic E-state index is 3.71. The minimum absolute atomic E-state index is 0.397. The summed E-state index contributed by atoms with van der Waals surface area (Å²) in [4.78, 5) is 0. The molecule has 0 amide bonds. The average molecular weight is 274 g/mol. The first kappa shape index (κ1) is 18.3. The van der Waals surface area contributed by atoms with E-state index in [0.717, 1.165) is 6.04 Å². The summed E-state index contributed by atoms with van der Waals surface area (Å²) in [6, 6.07) is 0.718. The third-order valence-electron chi connectivity index (χ3n) is 3.06. The Hall–Kier alpha value is 0.310. The fraction of sp³-hybridized carbons (Fsp3) is 1.00. The molecule has 0 radical (unpaired) electrons. The first-order valence-electron chi connectivity index (χ1n) is 7.87. The number of hydrogen-bond donors (Lipinski definition) is 1. The van der Waals surface area contributed by atoms with E-state index in [1.807, 2.05) is 0 Å². The van der Waals surface area contributed by atoms with Gasteiger partial charge in [0.05, 0.1) is 0 Å². The Labute approximate surface area is 120 Å². The molecular formula is C16H35NS. The quantitative estimate of drug-likeness (QED) is 0.516. The zero-order chi connectivity index (χ0) is 13.9. The lowest BCUT2D eigenvalue weighted by molar-refractivity contribution is 0.485. The van der Waals surface area contributed by atoms with Gasteiger partial charge in [0.15, 0.2) is 0 Å². The number of thioether (sulfide) groups is 1. The molecule has 0 rings (SSSR count). The number of rotatable bonds is 11. The Morgan fingerprint density at radius 2 is 1.61 bits per heavy atom. The largest absolute Gasteiger partial charge is 0.313 e. The van der Waals surface area contributed by atoms with Crippen molar-refractivity contribution in [2.24, 2.45) is 0 Å². The molecule has 0 heterocycles. The van der Waals surface area contributed by atoms with Crippen molar-refractivity contribution in [3.05, 3.63) is 0 Å². The van der Waals surface area contributed by atoms with Crippen molar-refractivity contribution < 1.29 is 0 Å². The minimum Gasteiger partial charge on any atom is -0.313 e. The third kappa shape index (κ3) is 12.8. The fourth-order valence-corrected chi connectivity index (χ4v) is 2.92. The van der Waals surface area contributed by atoms with Gasteiger partial charge in [0.2, 0.25) is 0 Å². The van der Waals surface area contributed by atoms with Crippen molar-refractivity contribution in [2.75, 3.05) is 12.3 Å². The SMILES string of the molecule is CCCCCCCC(CSC(C)(C)C)NCCC. The molecule has 0 bridgehead atoms. The van der Waals surface area contributed by atoms with E-state index in [9.17, 15) is 0 Å². The van der Waals surface area contributed by atoms with Crippen molar-refractivity contribution in [3.8, 4) is 0 Å². The van der Waals surface area contributed by atoms with Crippen LogP contribution in [-0.4, -0.2) is 23.1 Å². The molecule has 0 aliphatic heterocycles. The summed E-state index contributed by atoms with van der Waals surface area (Å²) in [5, 5.41) is 3.71. The van der Waals surface area contributed by atoms with Crippen LogP contribution in [0.5, 0.6) is 0 Å². The van der Waals surface area contributed by atoms with E-state index in [-0.39, 0.29) is 0 Å². The molecule has 0 spiro atoms. The topological polar surface area (TPSA) is 12.0 Å². The minimum atomic E-state index is 0.397. The van der Waals surface area contributed by atoms with Gasteiger partial charge in [0, 0.05) is 16.5 Å². The van der Waals surface area contributed by atoms with Gasteiger partial charge in [0.1, 0.15) is 0 Å². The van der Waals surface area contributed by atoms with Crippen molar-refractivity contribution in [1.29, 1.82) is 0 Å². The summed E-state index contributed by atoms with van der Waals surface area (Å²) in [7, 11) is 0. The lowest BCUT2D eigenvalue weighted by Crippen LogP contribution is -2.33. The molecule has 1 atom stereocenters. The zero-order valence-corrected chi connectivity index (χ0v) is 14.2. The van der Waals surface area contributed by atoms with Gasteiger partial charge in [-0.2, -0.15) is 11.8 Å². The molecular weight excluding hydrogens is 238 g/mol. The highest BCUT2D eigenvalue weighted by Crippen LogP contribution is 2.24. The Morgan fingerprint density at radius 3 is 2.17 bits per heavy atom. The van der Waals surface area contributed by atoms with Crippen LogP contribution in [0.1, 0.15) is 79.6 Å². The molecule has 18 heavy (non-hydrogen) atoms. The Morgan fingerprint density at radius 1 is 0.944 bits per heavy atom. The molecule has 0 aromatic rings. The molecule has 0 aliphatic carbocycles. The monoisotopic (exact) mass is 273 g/mol. The van der Waals surface area contributed by atoms with E-state index in [2.05, 4.69) is 51.7 Å². The smallest absolute Gasteiger partial charge is 0.0158 e. The van der Waals surface area contributed by atoms with E-state index >= 15 is 0 Å². The Bertz CT molecular complexity index is 174. The maximum Gasteiger partial charge on any atom is 0.0158 e. The molecule has 1 nitrogen and oxygen atoms in total. The second kappa shape index (κ2) is 11.2. The summed E-state index contributed by atoms with van der Waals surface area (Å²) in [6.07, 6.45) is 9.58. The lowest BCUT2D eigenvalue weighted by Gasteiger charge is -2.24. The van der Waals surface area contributed by atoms with E-state index < -0.39 is 0 Å². The average Bonchev–Trinajstić information content (AvgIpc) is 2.30. The molecule has 0 aliphatic rings. The van der Waals surface area contributed by atoms with Crippen LogP contribution in [0.15, 0.2) is 0 Å². The van der Waals surface area contributed by atoms with E-state index in [0.29, 0.717) is 4.75 Å². The highest BCUT2D eigenvalue weighted by atomic mass is 32.2.